The third kappa shape index (κ3) is 5.08. The van der Waals surface area contributed by atoms with Crippen molar-refractivity contribution in [2.75, 3.05) is 0 Å². The molecule has 0 heterocycles. The molecule has 10 aromatic carbocycles. The lowest BCUT2D eigenvalue weighted by Crippen LogP contribution is -1.93. The summed E-state index contributed by atoms with van der Waals surface area (Å²) in [5.74, 6) is 0. The number of benzene rings is 10. The fraction of sp³-hybridized carbons (Fsp3) is 0. The summed E-state index contributed by atoms with van der Waals surface area (Å²) in [6, 6.07) is 75.6. The van der Waals surface area contributed by atoms with Gasteiger partial charge in [-0.3, -0.25) is 0 Å². The van der Waals surface area contributed by atoms with Gasteiger partial charge in [0.2, 0.25) is 0 Å². The SMILES string of the molecule is c1ccc(-c2c(-c3ccccc3)c3cc(-c4cccc5ccccc45)ccc3c3ccc(-c4cccc(-c5cccc6ccccc56)c4)cc23)cc1. The molecular weight excluding hydrogens is 625 g/mol. The fourth-order valence-corrected chi connectivity index (χ4v) is 8.22. The van der Waals surface area contributed by atoms with Crippen molar-refractivity contribution in [1.82, 2.24) is 0 Å². The van der Waals surface area contributed by atoms with E-state index in [9.17, 15) is 0 Å². The van der Waals surface area contributed by atoms with Crippen LogP contribution in [0.1, 0.15) is 0 Å². The van der Waals surface area contributed by atoms with Crippen LogP contribution in [-0.2, 0) is 0 Å². The van der Waals surface area contributed by atoms with E-state index in [0.717, 1.165) is 0 Å². The van der Waals surface area contributed by atoms with E-state index in [-0.39, 0.29) is 0 Å². The van der Waals surface area contributed by atoms with Crippen LogP contribution in [0.15, 0.2) is 206 Å². The van der Waals surface area contributed by atoms with Gasteiger partial charge in [-0.2, -0.15) is 0 Å². The van der Waals surface area contributed by atoms with E-state index in [2.05, 4.69) is 206 Å². The van der Waals surface area contributed by atoms with Gasteiger partial charge in [0.15, 0.2) is 0 Å². The highest BCUT2D eigenvalue weighted by Crippen LogP contribution is 2.47. The highest BCUT2D eigenvalue weighted by atomic mass is 14.2. The molecule has 242 valence electrons. The summed E-state index contributed by atoms with van der Waals surface area (Å²) >= 11 is 0. The average molecular weight is 659 g/mol. The molecule has 0 radical (unpaired) electrons. The van der Waals surface area contributed by atoms with Crippen molar-refractivity contribution in [3.63, 3.8) is 0 Å². The molecule has 0 spiro atoms. The van der Waals surface area contributed by atoms with Crippen LogP contribution in [0.4, 0.5) is 0 Å². The molecule has 0 amide bonds. The molecule has 0 atom stereocenters. The third-order valence-electron chi connectivity index (χ3n) is 10.6. The topological polar surface area (TPSA) is 0 Å². The predicted molar refractivity (Wildman–Crippen MR) is 224 cm³/mol. The first-order chi connectivity index (χ1) is 25.8. The fourth-order valence-electron chi connectivity index (χ4n) is 8.22. The summed E-state index contributed by atoms with van der Waals surface area (Å²) in [4.78, 5) is 0. The van der Waals surface area contributed by atoms with E-state index < -0.39 is 0 Å². The monoisotopic (exact) mass is 658 g/mol. The summed E-state index contributed by atoms with van der Waals surface area (Å²) in [5, 5.41) is 10.1. The smallest absolute Gasteiger partial charge is 0.00201 e. The molecule has 0 fully saturated rings. The molecule has 0 N–H and O–H groups in total. The highest BCUT2D eigenvalue weighted by molar-refractivity contribution is 6.23. The minimum atomic E-state index is 1.21. The van der Waals surface area contributed by atoms with Crippen LogP contribution in [0, 0.1) is 0 Å². The molecule has 0 aromatic heterocycles. The zero-order chi connectivity index (χ0) is 34.4. The molecule has 0 aliphatic heterocycles. The van der Waals surface area contributed by atoms with Crippen molar-refractivity contribution in [2.24, 2.45) is 0 Å². The van der Waals surface area contributed by atoms with E-state index in [1.54, 1.807) is 0 Å². The summed E-state index contributed by atoms with van der Waals surface area (Å²) < 4.78 is 0. The second-order valence-corrected chi connectivity index (χ2v) is 13.6. The predicted octanol–water partition coefficient (Wildman–Crippen LogP) is 14.6. The third-order valence-corrected chi connectivity index (χ3v) is 10.6. The quantitative estimate of drug-likeness (QED) is 0.161. The largest absolute Gasteiger partial charge is 0.0622 e. The molecule has 10 aromatic rings. The van der Waals surface area contributed by atoms with E-state index in [1.165, 1.54) is 98.7 Å². The molecule has 10 rings (SSSR count). The molecule has 0 nitrogen and oxygen atoms in total. The summed E-state index contributed by atoms with van der Waals surface area (Å²) in [6.07, 6.45) is 0. The first kappa shape index (κ1) is 30.1. The number of hydrogen-bond acceptors (Lipinski definition) is 0. The maximum absolute atomic E-state index is 2.42. The van der Waals surface area contributed by atoms with E-state index in [1.807, 2.05) is 0 Å². The average Bonchev–Trinajstić information content (AvgIpc) is 3.23. The van der Waals surface area contributed by atoms with Crippen LogP contribution in [0.3, 0.4) is 0 Å². The standard InChI is InChI=1S/C52H34/c1-3-16-37(17-4-1)51-49-33-40(39-22-11-23-41(32-39)45-26-12-20-35-14-7-9-24-43(35)45)28-30-47(49)48-31-29-42(34-50(48)52(51)38-18-5-2-6-19-38)46-27-13-21-36-15-8-10-25-44(36)46/h1-34H. The van der Waals surface area contributed by atoms with Crippen molar-refractivity contribution in [1.29, 1.82) is 0 Å². The molecule has 0 bridgehead atoms. The van der Waals surface area contributed by atoms with E-state index in [4.69, 9.17) is 0 Å². The molecule has 0 heteroatoms. The summed E-state index contributed by atoms with van der Waals surface area (Å²) in [5.41, 5.74) is 12.3. The van der Waals surface area contributed by atoms with Crippen LogP contribution in [0.25, 0.3) is 98.7 Å². The number of rotatable bonds is 5. The number of fused-ring (bicyclic) bond motifs is 5. The molecule has 0 aliphatic rings. The molecular formula is C52H34. The Balaban J connectivity index is 1.25. The maximum atomic E-state index is 2.42. The van der Waals surface area contributed by atoms with Crippen molar-refractivity contribution in [3.05, 3.63) is 206 Å². The first-order valence-corrected chi connectivity index (χ1v) is 18.0. The molecule has 0 unspecified atom stereocenters. The van der Waals surface area contributed by atoms with Crippen LogP contribution in [-0.4, -0.2) is 0 Å². The van der Waals surface area contributed by atoms with Gasteiger partial charge in [0.25, 0.3) is 0 Å². The highest BCUT2D eigenvalue weighted by Gasteiger charge is 2.19. The minimum absolute atomic E-state index is 1.21. The second-order valence-electron chi connectivity index (χ2n) is 13.6. The van der Waals surface area contributed by atoms with Gasteiger partial charge in [0.1, 0.15) is 0 Å². The Morgan fingerprint density at radius 3 is 1.15 bits per heavy atom. The zero-order valence-corrected chi connectivity index (χ0v) is 28.6. The van der Waals surface area contributed by atoms with Crippen molar-refractivity contribution in [3.8, 4) is 55.6 Å². The van der Waals surface area contributed by atoms with Gasteiger partial charge < -0.3 is 0 Å². The van der Waals surface area contributed by atoms with E-state index in [0.29, 0.717) is 0 Å². The van der Waals surface area contributed by atoms with E-state index >= 15 is 0 Å². The minimum Gasteiger partial charge on any atom is -0.0622 e. The Morgan fingerprint density at radius 2 is 0.577 bits per heavy atom. The van der Waals surface area contributed by atoms with Gasteiger partial charge in [-0.25, -0.2) is 0 Å². The first-order valence-electron chi connectivity index (χ1n) is 18.0. The van der Waals surface area contributed by atoms with Gasteiger partial charge in [-0.05, 0) is 117 Å². The summed E-state index contributed by atoms with van der Waals surface area (Å²) in [7, 11) is 0. The van der Waals surface area contributed by atoms with Crippen LogP contribution in [0.2, 0.25) is 0 Å². The normalized spacial score (nSPS) is 11.5. The molecule has 0 saturated heterocycles. The maximum Gasteiger partial charge on any atom is -0.00201 e. The van der Waals surface area contributed by atoms with Gasteiger partial charge >= 0.3 is 0 Å². The molecule has 52 heavy (non-hydrogen) atoms. The Bertz CT molecular complexity index is 2920. The Labute approximate surface area is 303 Å². The van der Waals surface area contributed by atoms with Crippen molar-refractivity contribution in [2.45, 2.75) is 0 Å². The Morgan fingerprint density at radius 1 is 0.192 bits per heavy atom. The van der Waals surface area contributed by atoms with Crippen molar-refractivity contribution < 1.29 is 0 Å². The Kier molecular flexibility index (Phi) is 7.25. The van der Waals surface area contributed by atoms with Crippen LogP contribution < -0.4 is 0 Å². The Hall–Kier alpha value is -6.76. The number of hydrogen-bond donors (Lipinski definition) is 0. The van der Waals surface area contributed by atoms with Crippen LogP contribution in [0.5, 0.6) is 0 Å². The lowest BCUT2D eigenvalue weighted by Gasteiger charge is -2.20. The molecule has 0 saturated carbocycles. The second kappa shape index (κ2) is 12.5. The lowest BCUT2D eigenvalue weighted by atomic mass is 9.83. The van der Waals surface area contributed by atoms with Gasteiger partial charge in [0.05, 0.1) is 0 Å². The summed E-state index contributed by atoms with van der Waals surface area (Å²) in [6.45, 7) is 0. The van der Waals surface area contributed by atoms with Crippen molar-refractivity contribution >= 4 is 43.1 Å². The lowest BCUT2D eigenvalue weighted by molar-refractivity contribution is 1.61. The van der Waals surface area contributed by atoms with Crippen LogP contribution >= 0.6 is 0 Å². The molecule has 0 aliphatic carbocycles. The van der Waals surface area contributed by atoms with Gasteiger partial charge in [0, 0.05) is 0 Å². The zero-order valence-electron chi connectivity index (χ0n) is 28.6. The van der Waals surface area contributed by atoms with Gasteiger partial charge in [-0.15, -0.1) is 0 Å². The van der Waals surface area contributed by atoms with Gasteiger partial charge in [-0.1, -0.05) is 188 Å².